The van der Waals surface area contributed by atoms with Gasteiger partial charge in [0, 0.05) is 17.1 Å². The molecule has 0 radical (unpaired) electrons. The number of rotatable bonds is 0. The second-order valence-corrected chi connectivity index (χ2v) is 6.12. The summed E-state index contributed by atoms with van der Waals surface area (Å²) in [5.41, 5.74) is 7.84. The number of fused-ring (bicyclic) bond motifs is 2. The van der Waals surface area contributed by atoms with Crippen LogP contribution in [0.1, 0.15) is 16.7 Å². The van der Waals surface area contributed by atoms with Gasteiger partial charge in [-0.1, -0.05) is 0 Å². The van der Waals surface area contributed by atoms with Gasteiger partial charge in [0.25, 0.3) is 12.6 Å². The van der Waals surface area contributed by atoms with Crippen LogP contribution in [-0.2, 0) is 4.74 Å². The number of ether oxygens (including phenoxy) is 1. The van der Waals surface area contributed by atoms with E-state index in [4.69, 9.17) is 4.74 Å². The number of aryl methyl sites for hydroxylation is 1. The third kappa shape index (κ3) is 1.17. The molecule has 0 amide bonds. The summed E-state index contributed by atoms with van der Waals surface area (Å²) < 4.78 is 10.2. The fourth-order valence-corrected chi connectivity index (χ4v) is 3.89. The molecule has 3 aliphatic rings. The Balaban J connectivity index is 2.03. The van der Waals surface area contributed by atoms with Gasteiger partial charge in [0.1, 0.15) is 17.9 Å². The molecule has 0 N–H and O–H groups in total. The summed E-state index contributed by atoms with van der Waals surface area (Å²) in [6.45, 7) is 4.40. The molecule has 4 heterocycles. The van der Waals surface area contributed by atoms with Crippen molar-refractivity contribution in [2.75, 3.05) is 7.05 Å². The highest BCUT2D eigenvalue weighted by Crippen LogP contribution is 2.43. The summed E-state index contributed by atoms with van der Waals surface area (Å²) in [5, 5.41) is 1.29. The van der Waals surface area contributed by atoms with Crippen molar-refractivity contribution in [3.8, 4) is 0 Å². The number of hydrogen-bond donors (Lipinski definition) is 0. The van der Waals surface area contributed by atoms with Crippen LogP contribution in [0.3, 0.4) is 0 Å². The molecule has 2 unspecified atom stereocenters. The van der Waals surface area contributed by atoms with Crippen LogP contribution in [-0.4, -0.2) is 34.5 Å². The molecule has 0 saturated carbocycles. The zero-order valence-corrected chi connectivity index (χ0v) is 12.3. The molecule has 5 rings (SSSR count). The van der Waals surface area contributed by atoms with E-state index in [0.29, 0.717) is 0 Å². The zero-order chi connectivity index (χ0) is 14.3. The molecule has 1 aromatic heterocycles. The lowest BCUT2D eigenvalue weighted by atomic mass is 9.84. The molecule has 1 aromatic carbocycles. The van der Waals surface area contributed by atoms with Crippen molar-refractivity contribution in [1.29, 1.82) is 0 Å². The first kappa shape index (κ1) is 11.3. The average Bonchev–Trinajstić information content (AvgIpc) is 3.06. The van der Waals surface area contributed by atoms with Crippen LogP contribution in [0, 0.1) is 19.8 Å². The van der Waals surface area contributed by atoms with Crippen LogP contribution in [0.25, 0.3) is 16.6 Å². The van der Waals surface area contributed by atoms with E-state index in [1.807, 2.05) is 12.6 Å². The first-order valence-electron chi connectivity index (χ1n) is 7.27. The van der Waals surface area contributed by atoms with Gasteiger partial charge in [0.05, 0.1) is 18.3 Å². The van der Waals surface area contributed by atoms with E-state index in [1.165, 1.54) is 39.0 Å². The molecule has 4 nitrogen and oxygen atoms in total. The molecule has 21 heavy (non-hydrogen) atoms. The Morgan fingerprint density at radius 2 is 2.19 bits per heavy atom. The Bertz CT molecular complexity index is 914. The lowest BCUT2D eigenvalue weighted by molar-refractivity contribution is -0.366. The highest BCUT2D eigenvalue weighted by molar-refractivity contribution is 6.18. The van der Waals surface area contributed by atoms with Crippen molar-refractivity contribution in [2.45, 2.75) is 20.1 Å². The lowest BCUT2D eigenvalue weighted by Crippen LogP contribution is -2.40. The van der Waals surface area contributed by atoms with Crippen molar-refractivity contribution in [3.05, 3.63) is 41.3 Å². The minimum absolute atomic E-state index is 0.114. The van der Waals surface area contributed by atoms with Gasteiger partial charge >= 0.3 is 0 Å². The predicted molar refractivity (Wildman–Crippen MR) is 82.8 cm³/mol. The van der Waals surface area contributed by atoms with Crippen molar-refractivity contribution in [3.63, 3.8) is 0 Å². The quantitative estimate of drug-likeness (QED) is 0.681. The molecule has 2 atom stereocenters. The fraction of sp³-hybridized carbons (Fsp3) is 0.294. The first-order valence-corrected chi connectivity index (χ1v) is 7.27. The summed E-state index contributed by atoms with van der Waals surface area (Å²) in [6, 6.07) is 4.47. The smallest absolute Gasteiger partial charge is 0.294 e. The van der Waals surface area contributed by atoms with Crippen molar-refractivity contribution < 1.29 is 9.31 Å². The van der Waals surface area contributed by atoms with Gasteiger partial charge in [-0.15, -0.1) is 0 Å². The molecule has 104 valence electrons. The Morgan fingerprint density at radius 1 is 1.33 bits per heavy atom. The number of aromatic nitrogens is 1. The van der Waals surface area contributed by atoms with Crippen LogP contribution in [0.5, 0.6) is 0 Å². The maximum Gasteiger partial charge on any atom is 0.294 e. The van der Waals surface area contributed by atoms with E-state index in [1.54, 1.807) is 0 Å². The third-order valence-corrected chi connectivity index (χ3v) is 5.02. The van der Waals surface area contributed by atoms with Gasteiger partial charge in [0.15, 0.2) is 0 Å². The third-order valence-electron chi connectivity index (χ3n) is 5.02. The first-order chi connectivity index (χ1) is 10.2. The summed E-state index contributed by atoms with van der Waals surface area (Å²) in [5.74, 6) is 0.198. The predicted octanol–water partition coefficient (Wildman–Crippen LogP) is 2.52. The summed E-state index contributed by atoms with van der Waals surface area (Å²) in [6.07, 6.45) is 5.81. The zero-order valence-electron chi connectivity index (χ0n) is 12.3. The van der Waals surface area contributed by atoms with E-state index in [0.717, 1.165) is 0 Å². The SMILES string of the molecule is Cc1cc2ccn3c2c(c1C)C1=[N+](C)C=NC2OC=C3C12. The minimum atomic E-state index is -0.114. The van der Waals surface area contributed by atoms with Crippen LogP contribution < -0.4 is 0 Å². The lowest BCUT2D eigenvalue weighted by Gasteiger charge is -2.28. The number of nitrogens with zero attached hydrogens (tertiary/aromatic N) is 3. The van der Waals surface area contributed by atoms with E-state index in [9.17, 15) is 0 Å². The number of hydrogen-bond acceptors (Lipinski definition) is 2. The van der Waals surface area contributed by atoms with Gasteiger partial charge in [-0.2, -0.15) is 0 Å². The molecular weight excluding hydrogens is 262 g/mol. The largest absolute Gasteiger partial charge is 0.453 e. The maximum atomic E-state index is 5.79. The van der Waals surface area contributed by atoms with Crippen molar-refractivity contribution in [1.82, 2.24) is 4.57 Å². The molecule has 0 bridgehead atoms. The summed E-state index contributed by atoms with van der Waals surface area (Å²) in [7, 11) is 2.08. The average molecular weight is 278 g/mol. The van der Waals surface area contributed by atoms with Crippen LogP contribution in [0.15, 0.2) is 29.6 Å². The Morgan fingerprint density at radius 3 is 3.05 bits per heavy atom. The van der Waals surface area contributed by atoms with Gasteiger partial charge in [-0.25, -0.2) is 4.58 Å². The topological polar surface area (TPSA) is 29.5 Å². The molecule has 3 aliphatic heterocycles. The van der Waals surface area contributed by atoms with Gasteiger partial charge < -0.3 is 9.30 Å². The van der Waals surface area contributed by atoms with Gasteiger partial charge in [-0.3, -0.25) is 0 Å². The van der Waals surface area contributed by atoms with E-state index in [-0.39, 0.29) is 12.1 Å². The highest BCUT2D eigenvalue weighted by Gasteiger charge is 2.48. The summed E-state index contributed by atoms with van der Waals surface area (Å²) >= 11 is 0. The monoisotopic (exact) mass is 278 g/mol. The van der Waals surface area contributed by atoms with Gasteiger partial charge in [0.2, 0.25) is 0 Å². The molecule has 0 saturated heterocycles. The second-order valence-electron chi connectivity index (χ2n) is 6.12. The van der Waals surface area contributed by atoms with Crippen molar-refractivity contribution >= 4 is 28.7 Å². The molecule has 0 fully saturated rings. The van der Waals surface area contributed by atoms with Crippen LogP contribution in [0.4, 0.5) is 0 Å². The molecular formula is C17H16N3O+. The number of benzene rings is 1. The maximum absolute atomic E-state index is 5.79. The summed E-state index contributed by atoms with van der Waals surface area (Å²) in [4.78, 5) is 4.52. The number of aliphatic imine (C=N–C) groups is 1. The van der Waals surface area contributed by atoms with Crippen molar-refractivity contribution in [2.24, 2.45) is 10.9 Å². The molecule has 0 spiro atoms. The highest BCUT2D eigenvalue weighted by atomic mass is 16.5. The molecule has 0 aliphatic carbocycles. The van der Waals surface area contributed by atoms with Gasteiger partial charge in [-0.05, 0) is 42.1 Å². The normalized spacial score (nSPS) is 25.2. The second kappa shape index (κ2) is 3.45. The van der Waals surface area contributed by atoms with Crippen LogP contribution >= 0.6 is 0 Å². The van der Waals surface area contributed by atoms with E-state index < -0.39 is 0 Å². The van der Waals surface area contributed by atoms with E-state index in [2.05, 4.69) is 53.4 Å². The van der Waals surface area contributed by atoms with Crippen LogP contribution in [0.2, 0.25) is 0 Å². The molecule has 4 heteroatoms. The minimum Gasteiger partial charge on any atom is -0.453 e. The Labute approximate surface area is 122 Å². The van der Waals surface area contributed by atoms with E-state index >= 15 is 0 Å². The molecule has 2 aromatic rings. The fourth-order valence-electron chi connectivity index (χ4n) is 3.89. The Kier molecular flexibility index (Phi) is 1.86. The standard InChI is InChI=1S/C17H16N3O/c1-9-6-11-4-5-20-12-7-21-17-14(12)16(19(3)8-18-17)13(10(9)2)15(11)20/h4-8,14,17H,1-3H3/q+1. The Hall–Kier alpha value is -2.36.